The predicted octanol–water partition coefficient (Wildman–Crippen LogP) is 1.97. The first kappa shape index (κ1) is 18.4. The lowest BCUT2D eigenvalue weighted by molar-refractivity contribution is -0.152. The molecule has 1 atom stereocenters. The van der Waals surface area contributed by atoms with Gasteiger partial charge in [0.1, 0.15) is 6.54 Å². The van der Waals surface area contributed by atoms with Gasteiger partial charge in [0.2, 0.25) is 5.91 Å². The molecule has 0 spiro atoms. The summed E-state index contributed by atoms with van der Waals surface area (Å²) in [5.41, 5.74) is 0.904. The Balaban J connectivity index is 2.68. The summed E-state index contributed by atoms with van der Waals surface area (Å²) in [6.07, 6.45) is 2.12. The molecule has 0 heterocycles. The van der Waals surface area contributed by atoms with Crippen LogP contribution in [0.2, 0.25) is 0 Å². The number of nitriles is 1. The molecule has 6 nitrogen and oxygen atoms in total. The summed E-state index contributed by atoms with van der Waals surface area (Å²) in [5, 5.41) is 18.2. The summed E-state index contributed by atoms with van der Waals surface area (Å²) in [4.78, 5) is 24.6. The van der Waals surface area contributed by atoms with Crippen LogP contribution < -0.4 is 0 Å². The highest BCUT2D eigenvalue weighted by atomic mass is 16.5. The third-order valence-electron chi connectivity index (χ3n) is 3.17. The van der Waals surface area contributed by atoms with Gasteiger partial charge in [0, 0.05) is 6.42 Å². The maximum absolute atomic E-state index is 12.1. The molecule has 1 amide bonds. The Morgan fingerprint density at radius 1 is 1.39 bits per heavy atom. The van der Waals surface area contributed by atoms with Crippen LogP contribution in [0.1, 0.15) is 18.4 Å². The average molecular weight is 316 g/mol. The van der Waals surface area contributed by atoms with Crippen LogP contribution in [0.25, 0.3) is 0 Å². The second-order valence-electron chi connectivity index (χ2n) is 4.86. The Bertz CT molecular complexity index is 566. The van der Waals surface area contributed by atoms with Crippen LogP contribution in [0.4, 0.5) is 0 Å². The fraction of sp³-hybridized carbons (Fsp3) is 0.353. The van der Waals surface area contributed by atoms with E-state index < -0.39 is 17.9 Å². The summed E-state index contributed by atoms with van der Waals surface area (Å²) in [6.45, 7) is 3.30. The number of rotatable bonds is 10. The quantitative estimate of drug-likeness (QED) is 0.526. The molecule has 0 aliphatic carbocycles. The molecule has 0 saturated heterocycles. The summed E-state index contributed by atoms with van der Waals surface area (Å²) in [5.74, 6) is -1.59. The molecule has 1 aromatic carbocycles. The summed E-state index contributed by atoms with van der Waals surface area (Å²) < 4.78 is 5.42. The van der Waals surface area contributed by atoms with Gasteiger partial charge in [0.05, 0.1) is 19.3 Å². The number of nitrogens with zero attached hydrogens (tertiary/aromatic N) is 2. The Morgan fingerprint density at radius 3 is 2.65 bits per heavy atom. The van der Waals surface area contributed by atoms with E-state index in [4.69, 9.17) is 10.00 Å². The van der Waals surface area contributed by atoms with Crippen molar-refractivity contribution in [2.75, 3.05) is 13.2 Å². The molecule has 1 rings (SSSR count). The molecular formula is C17H20N2O4. The van der Waals surface area contributed by atoms with E-state index in [1.54, 1.807) is 6.08 Å². The van der Waals surface area contributed by atoms with Crippen molar-refractivity contribution in [3.63, 3.8) is 0 Å². The number of carbonyl (C=O) groups is 2. The Kier molecular flexibility index (Phi) is 8.11. The summed E-state index contributed by atoms with van der Waals surface area (Å²) in [7, 11) is 0. The van der Waals surface area contributed by atoms with E-state index in [0.717, 1.165) is 10.5 Å². The zero-order chi connectivity index (χ0) is 17.1. The topological polar surface area (TPSA) is 90.6 Å². The lowest BCUT2D eigenvalue weighted by Crippen LogP contribution is -2.48. The first-order valence-corrected chi connectivity index (χ1v) is 7.22. The number of ether oxygens (including phenoxy) is 1. The van der Waals surface area contributed by atoms with Crippen LogP contribution in [-0.2, 0) is 20.9 Å². The summed E-state index contributed by atoms with van der Waals surface area (Å²) in [6, 6.07) is 9.94. The maximum atomic E-state index is 12.1. The molecule has 1 unspecified atom stereocenters. The van der Waals surface area contributed by atoms with Crippen molar-refractivity contribution in [2.45, 2.75) is 25.5 Å². The molecule has 1 N–H and O–H groups in total. The highest BCUT2D eigenvalue weighted by Gasteiger charge is 2.29. The third kappa shape index (κ3) is 6.32. The number of benzene rings is 1. The number of hydrogen-bond acceptors (Lipinski definition) is 4. The van der Waals surface area contributed by atoms with Crippen molar-refractivity contribution in [3.8, 4) is 6.07 Å². The number of carbonyl (C=O) groups excluding carboxylic acids is 1. The van der Waals surface area contributed by atoms with E-state index in [1.165, 1.54) is 0 Å². The van der Waals surface area contributed by atoms with Gasteiger partial charge in [-0.05, 0) is 12.0 Å². The maximum Gasteiger partial charge on any atom is 0.328 e. The van der Waals surface area contributed by atoms with Crippen molar-refractivity contribution >= 4 is 11.9 Å². The van der Waals surface area contributed by atoms with Crippen LogP contribution in [0, 0.1) is 11.3 Å². The standard InChI is InChI=1S/C17H20N2O4/c1-2-3-9-16(20)19(11-10-18)15(17(21)22)13-23-12-14-7-5-4-6-8-14/h2,4-8,15H,1,3,9,11-13H2,(H,21,22). The molecule has 0 saturated carbocycles. The van der Waals surface area contributed by atoms with Crippen molar-refractivity contribution in [2.24, 2.45) is 0 Å². The molecular weight excluding hydrogens is 296 g/mol. The van der Waals surface area contributed by atoms with Gasteiger partial charge in [-0.1, -0.05) is 36.4 Å². The average Bonchev–Trinajstić information content (AvgIpc) is 2.55. The highest BCUT2D eigenvalue weighted by Crippen LogP contribution is 2.08. The smallest absolute Gasteiger partial charge is 0.328 e. The first-order chi connectivity index (χ1) is 11.1. The minimum absolute atomic E-state index is 0.119. The zero-order valence-corrected chi connectivity index (χ0v) is 12.9. The Labute approximate surface area is 135 Å². The van der Waals surface area contributed by atoms with Gasteiger partial charge >= 0.3 is 5.97 Å². The van der Waals surface area contributed by atoms with Gasteiger partial charge in [0.25, 0.3) is 0 Å². The lowest BCUT2D eigenvalue weighted by atomic mass is 10.2. The van der Waals surface area contributed by atoms with Crippen LogP contribution in [0.15, 0.2) is 43.0 Å². The largest absolute Gasteiger partial charge is 0.480 e. The van der Waals surface area contributed by atoms with E-state index >= 15 is 0 Å². The minimum Gasteiger partial charge on any atom is -0.480 e. The van der Waals surface area contributed by atoms with Crippen LogP contribution in [-0.4, -0.2) is 41.1 Å². The van der Waals surface area contributed by atoms with Gasteiger partial charge in [-0.15, -0.1) is 6.58 Å². The number of aliphatic carboxylic acids is 1. The predicted molar refractivity (Wildman–Crippen MR) is 84.3 cm³/mol. The molecule has 0 fully saturated rings. The number of hydrogen-bond donors (Lipinski definition) is 1. The fourth-order valence-corrected chi connectivity index (χ4v) is 1.97. The van der Waals surface area contributed by atoms with Crippen LogP contribution >= 0.6 is 0 Å². The number of carboxylic acid groups (broad SMARTS) is 1. The zero-order valence-electron chi connectivity index (χ0n) is 12.9. The molecule has 6 heteroatoms. The van der Waals surface area contributed by atoms with Crippen molar-refractivity contribution in [1.29, 1.82) is 5.26 Å². The third-order valence-corrected chi connectivity index (χ3v) is 3.17. The number of carboxylic acids is 1. The SMILES string of the molecule is C=CCCC(=O)N(CC#N)C(COCc1ccccc1)C(=O)O. The molecule has 0 aromatic heterocycles. The second-order valence-corrected chi connectivity index (χ2v) is 4.86. The molecule has 23 heavy (non-hydrogen) atoms. The molecule has 122 valence electrons. The van der Waals surface area contributed by atoms with E-state index in [9.17, 15) is 14.7 Å². The minimum atomic E-state index is -1.19. The van der Waals surface area contributed by atoms with Gasteiger partial charge in [-0.25, -0.2) is 4.79 Å². The van der Waals surface area contributed by atoms with Gasteiger partial charge < -0.3 is 14.7 Å². The molecule has 1 aromatic rings. The van der Waals surface area contributed by atoms with Gasteiger partial charge in [-0.3, -0.25) is 4.79 Å². The molecule has 0 aliphatic rings. The molecule has 0 radical (unpaired) electrons. The Hall–Kier alpha value is -2.65. The van der Waals surface area contributed by atoms with Crippen molar-refractivity contribution < 1.29 is 19.4 Å². The van der Waals surface area contributed by atoms with Gasteiger partial charge in [-0.2, -0.15) is 5.26 Å². The summed E-state index contributed by atoms with van der Waals surface area (Å²) >= 11 is 0. The van der Waals surface area contributed by atoms with E-state index in [2.05, 4.69) is 6.58 Å². The number of allylic oxidation sites excluding steroid dienone is 1. The van der Waals surface area contributed by atoms with E-state index in [-0.39, 0.29) is 26.2 Å². The Morgan fingerprint density at radius 2 is 2.09 bits per heavy atom. The fourth-order valence-electron chi connectivity index (χ4n) is 1.97. The van der Waals surface area contributed by atoms with E-state index in [0.29, 0.717) is 6.42 Å². The van der Waals surface area contributed by atoms with E-state index in [1.807, 2.05) is 36.4 Å². The highest BCUT2D eigenvalue weighted by molar-refractivity contribution is 5.84. The second kappa shape index (κ2) is 10.1. The van der Waals surface area contributed by atoms with Crippen molar-refractivity contribution in [1.82, 2.24) is 4.90 Å². The monoisotopic (exact) mass is 316 g/mol. The van der Waals surface area contributed by atoms with Crippen LogP contribution in [0.3, 0.4) is 0 Å². The van der Waals surface area contributed by atoms with Crippen LogP contribution in [0.5, 0.6) is 0 Å². The van der Waals surface area contributed by atoms with Crippen molar-refractivity contribution in [3.05, 3.63) is 48.6 Å². The molecule has 0 bridgehead atoms. The van der Waals surface area contributed by atoms with Gasteiger partial charge in [0.15, 0.2) is 6.04 Å². The normalized spacial score (nSPS) is 11.3. The lowest BCUT2D eigenvalue weighted by Gasteiger charge is -2.26. The first-order valence-electron chi connectivity index (χ1n) is 7.22. The molecule has 0 aliphatic heterocycles. The number of amides is 1.